The summed E-state index contributed by atoms with van der Waals surface area (Å²) in [6.07, 6.45) is 1.55. The molecule has 5 nitrogen and oxygen atoms in total. The molecule has 0 saturated carbocycles. The number of benzene rings is 2. The summed E-state index contributed by atoms with van der Waals surface area (Å²) < 4.78 is 11.4. The molecule has 158 valence electrons. The van der Waals surface area contributed by atoms with Gasteiger partial charge in [0.1, 0.15) is 23.9 Å². The van der Waals surface area contributed by atoms with Crippen LogP contribution in [0.1, 0.15) is 11.3 Å². The highest BCUT2D eigenvalue weighted by Crippen LogP contribution is 2.35. The van der Waals surface area contributed by atoms with Crippen molar-refractivity contribution < 1.29 is 18.7 Å². The molecule has 1 aliphatic heterocycles. The van der Waals surface area contributed by atoms with E-state index in [1.165, 1.54) is 4.90 Å². The molecule has 0 unspecified atom stereocenters. The monoisotopic (exact) mass is 473 g/mol. The van der Waals surface area contributed by atoms with E-state index in [0.717, 1.165) is 17.3 Å². The van der Waals surface area contributed by atoms with E-state index >= 15 is 0 Å². The minimum absolute atomic E-state index is 0.164. The number of hydrogen-bond donors (Lipinski definition) is 0. The van der Waals surface area contributed by atoms with Gasteiger partial charge in [0.15, 0.2) is 0 Å². The molecule has 2 aromatic carbocycles. The van der Waals surface area contributed by atoms with Crippen LogP contribution < -0.4 is 4.74 Å². The number of thioether (sulfide) groups is 1. The van der Waals surface area contributed by atoms with Crippen LogP contribution in [0.5, 0.6) is 5.75 Å². The second kappa shape index (κ2) is 9.22. The Morgan fingerprint density at radius 2 is 1.84 bits per heavy atom. The Morgan fingerprint density at radius 3 is 2.61 bits per heavy atom. The number of carbonyl (C=O) groups is 2. The molecule has 8 heteroatoms. The maximum Gasteiger partial charge on any atom is 0.293 e. The van der Waals surface area contributed by atoms with Gasteiger partial charge in [-0.15, -0.1) is 0 Å². The summed E-state index contributed by atoms with van der Waals surface area (Å²) >= 11 is 13.1. The Balaban J connectivity index is 1.43. The largest absolute Gasteiger partial charge is 0.492 e. The molecule has 1 aliphatic rings. The van der Waals surface area contributed by atoms with Crippen molar-refractivity contribution in [1.29, 1.82) is 0 Å². The number of halogens is 2. The van der Waals surface area contributed by atoms with Gasteiger partial charge in [-0.25, -0.2) is 0 Å². The van der Waals surface area contributed by atoms with Gasteiger partial charge in [0.05, 0.1) is 16.5 Å². The van der Waals surface area contributed by atoms with Gasteiger partial charge in [0.2, 0.25) is 0 Å². The van der Waals surface area contributed by atoms with Crippen molar-refractivity contribution in [3.05, 3.63) is 80.9 Å². The molecule has 3 aromatic rings. The van der Waals surface area contributed by atoms with Crippen molar-refractivity contribution in [2.75, 3.05) is 13.2 Å². The first-order valence-electron chi connectivity index (χ1n) is 9.41. The lowest BCUT2D eigenvalue weighted by Gasteiger charge is -2.13. The van der Waals surface area contributed by atoms with E-state index in [-0.39, 0.29) is 24.3 Å². The molecular formula is C23H17Cl2NO4S. The van der Waals surface area contributed by atoms with Crippen molar-refractivity contribution in [3.8, 4) is 17.1 Å². The van der Waals surface area contributed by atoms with E-state index in [2.05, 4.69) is 0 Å². The van der Waals surface area contributed by atoms with E-state index in [0.29, 0.717) is 37.8 Å². The van der Waals surface area contributed by atoms with Gasteiger partial charge in [-0.05, 0) is 61.2 Å². The van der Waals surface area contributed by atoms with Gasteiger partial charge in [-0.3, -0.25) is 14.5 Å². The molecule has 2 heterocycles. The van der Waals surface area contributed by atoms with E-state index in [9.17, 15) is 9.59 Å². The Labute approximate surface area is 193 Å². The minimum atomic E-state index is -0.374. The topological polar surface area (TPSA) is 59.8 Å². The lowest BCUT2D eigenvalue weighted by molar-refractivity contribution is -0.123. The fourth-order valence-electron chi connectivity index (χ4n) is 2.97. The molecule has 1 saturated heterocycles. The summed E-state index contributed by atoms with van der Waals surface area (Å²) in [4.78, 5) is 26.4. The van der Waals surface area contributed by atoms with Crippen LogP contribution in [0.3, 0.4) is 0 Å². The Hall–Kier alpha value is -2.67. The molecule has 0 bridgehead atoms. The summed E-state index contributed by atoms with van der Waals surface area (Å²) in [5.74, 6) is 1.27. The number of hydrogen-bond acceptors (Lipinski definition) is 5. The zero-order valence-electron chi connectivity index (χ0n) is 16.4. The van der Waals surface area contributed by atoms with Crippen LogP contribution in [0.2, 0.25) is 10.0 Å². The molecule has 1 fully saturated rings. The van der Waals surface area contributed by atoms with E-state index in [4.69, 9.17) is 32.4 Å². The molecule has 4 rings (SSSR count). The van der Waals surface area contributed by atoms with Crippen LogP contribution >= 0.6 is 35.0 Å². The number of nitrogens with zero attached hydrogens (tertiary/aromatic N) is 1. The van der Waals surface area contributed by atoms with Crippen molar-refractivity contribution in [3.63, 3.8) is 0 Å². The smallest absolute Gasteiger partial charge is 0.293 e. The first-order valence-corrected chi connectivity index (χ1v) is 11.0. The molecule has 0 N–H and O–H groups in total. The van der Waals surface area contributed by atoms with Crippen LogP contribution in [0.25, 0.3) is 17.4 Å². The van der Waals surface area contributed by atoms with Crippen LogP contribution in [0, 0.1) is 6.92 Å². The first-order chi connectivity index (χ1) is 14.9. The van der Waals surface area contributed by atoms with Crippen LogP contribution in [-0.2, 0) is 4.79 Å². The normalized spacial score (nSPS) is 15.2. The van der Waals surface area contributed by atoms with Crippen LogP contribution in [0.15, 0.2) is 63.9 Å². The second-order valence-corrected chi connectivity index (χ2v) is 8.66. The first kappa shape index (κ1) is 21.6. The molecule has 0 radical (unpaired) electrons. The fraction of sp³-hybridized carbons (Fsp3) is 0.130. The van der Waals surface area contributed by atoms with Crippen molar-refractivity contribution in [2.24, 2.45) is 0 Å². The molecule has 0 spiro atoms. The van der Waals surface area contributed by atoms with E-state index < -0.39 is 0 Å². The van der Waals surface area contributed by atoms with Gasteiger partial charge in [0.25, 0.3) is 11.1 Å². The number of ether oxygens (including phenoxy) is 1. The lowest BCUT2D eigenvalue weighted by Crippen LogP contribution is -2.32. The molecule has 2 amide bonds. The van der Waals surface area contributed by atoms with Gasteiger partial charge in [-0.2, -0.15) is 0 Å². The highest BCUT2D eigenvalue weighted by molar-refractivity contribution is 8.18. The Morgan fingerprint density at radius 1 is 1.06 bits per heavy atom. The zero-order valence-corrected chi connectivity index (χ0v) is 18.8. The predicted octanol–water partition coefficient (Wildman–Crippen LogP) is 6.68. The maximum atomic E-state index is 12.7. The van der Waals surface area contributed by atoms with Crippen LogP contribution in [0.4, 0.5) is 4.79 Å². The number of imide groups is 1. The summed E-state index contributed by atoms with van der Waals surface area (Å²) in [7, 11) is 0. The average molecular weight is 474 g/mol. The Kier molecular flexibility index (Phi) is 6.41. The minimum Gasteiger partial charge on any atom is -0.492 e. The standard InChI is InChI=1S/C23H17Cl2NO4S/c1-14-2-5-16(6-3-14)29-11-10-26-22(27)21(31-23(26)28)13-17-7-9-20(30-17)18-12-15(24)4-8-19(18)25/h2-9,12-13H,10-11H2,1H3/b21-13-. The third kappa shape index (κ3) is 4.98. The highest BCUT2D eigenvalue weighted by atomic mass is 35.5. The third-order valence-corrected chi connectivity index (χ3v) is 6.04. The summed E-state index contributed by atoms with van der Waals surface area (Å²) in [5.41, 5.74) is 1.78. The van der Waals surface area contributed by atoms with Gasteiger partial charge in [0, 0.05) is 16.7 Å². The lowest BCUT2D eigenvalue weighted by atomic mass is 10.2. The third-order valence-electron chi connectivity index (χ3n) is 4.57. The van der Waals surface area contributed by atoms with E-state index in [1.54, 1.807) is 36.4 Å². The molecule has 31 heavy (non-hydrogen) atoms. The van der Waals surface area contributed by atoms with Crippen LogP contribution in [-0.4, -0.2) is 29.2 Å². The number of rotatable bonds is 6. The van der Waals surface area contributed by atoms with Gasteiger partial charge >= 0.3 is 0 Å². The fourth-order valence-corrected chi connectivity index (χ4v) is 4.20. The highest BCUT2D eigenvalue weighted by Gasteiger charge is 2.35. The SMILES string of the molecule is Cc1ccc(OCCN2C(=O)S/C(=C\c3ccc(-c4cc(Cl)ccc4Cl)o3)C2=O)cc1. The van der Waals surface area contributed by atoms with Crippen molar-refractivity contribution in [2.45, 2.75) is 6.92 Å². The number of carbonyl (C=O) groups excluding carboxylic acids is 2. The number of amides is 2. The van der Waals surface area contributed by atoms with E-state index in [1.807, 2.05) is 31.2 Å². The van der Waals surface area contributed by atoms with Crippen molar-refractivity contribution >= 4 is 52.2 Å². The number of furan rings is 1. The predicted molar refractivity (Wildman–Crippen MR) is 124 cm³/mol. The van der Waals surface area contributed by atoms with Gasteiger partial charge in [-0.1, -0.05) is 40.9 Å². The average Bonchev–Trinajstić information content (AvgIpc) is 3.31. The van der Waals surface area contributed by atoms with Gasteiger partial charge < -0.3 is 9.15 Å². The quantitative estimate of drug-likeness (QED) is 0.373. The summed E-state index contributed by atoms with van der Waals surface area (Å²) in [6.45, 7) is 2.37. The molecule has 0 atom stereocenters. The second-order valence-electron chi connectivity index (χ2n) is 6.82. The summed E-state index contributed by atoms with van der Waals surface area (Å²) in [6, 6.07) is 16.1. The molecule has 0 aliphatic carbocycles. The maximum absolute atomic E-state index is 12.7. The summed E-state index contributed by atoms with van der Waals surface area (Å²) in [5, 5.41) is 0.693. The number of aryl methyl sites for hydroxylation is 1. The Bertz CT molecular complexity index is 1170. The van der Waals surface area contributed by atoms with Crippen molar-refractivity contribution in [1.82, 2.24) is 4.90 Å². The zero-order chi connectivity index (χ0) is 22.0. The molecule has 1 aromatic heterocycles. The molecular weight excluding hydrogens is 457 g/mol.